The van der Waals surface area contributed by atoms with Crippen LogP contribution in [0, 0.1) is 18.6 Å². The van der Waals surface area contributed by atoms with Crippen LogP contribution in [-0.4, -0.2) is 10.7 Å². The van der Waals surface area contributed by atoms with Crippen molar-refractivity contribution in [2.24, 2.45) is 0 Å². The first kappa shape index (κ1) is 16.6. The van der Waals surface area contributed by atoms with Crippen LogP contribution in [0.2, 0.25) is 0 Å². The first-order chi connectivity index (χ1) is 9.99. The van der Waals surface area contributed by atoms with Crippen LogP contribution >= 0.6 is 31.9 Å². The molecule has 0 aromatic heterocycles. The maximum absolute atomic E-state index is 13.4. The van der Waals surface area contributed by atoms with E-state index in [0.717, 1.165) is 11.6 Å². The van der Waals surface area contributed by atoms with Gasteiger partial charge >= 0.3 is 0 Å². The monoisotopic (exact) mass is 416 g/mol. The molecule has 0 aliphatic rings. The standard InChI is InChI=1S/C17H16Br2F2/c1-12-2-4-14(5-3-12)17(10-18,11-19)9-13-6-15(20)8-16(21)7-13/h2-8H,9-11H2,1H3. The number of rotatable bonds is 5. The second kappa shape index (κ2) is 7.01. The van der Waals surface area contributed by atoms with Gasteiger partial charge < -0.3 is 0 Å². The number of hydrogen-bond acceptors (Lipinski definition) is 0. The lowest BCUT2D eigenvalue weighted by atomic mass is 9.79. The van der Waals surface area contributed by atoms with Gasteiger partial charge in [0.15, 0.2) is 0 Å². The van der Waals surface area contributed by atoms with Crippen LogP contribution in [0.15, 0.2) is 42.5 Å². The predicted molar refractivity (Wildman–Crippen MR) is 90.5 cm³/mol. The van der Waals surface area contributed by atoms with Gasteiger partial charge in [-0.3, -0.25) is 0 Å². The van der Waals surface area contributed by atoms with Crippen LogP contribution in [-0.2, 0) is 11.8 Å². The molecule has 2 aromatic rings. The van der Waals surface area contributed by atoms with E-state index in [2.05, 4.69) is 56.1 Å². The van der Waals surface area contributed by atoms with Crippen molar-refractivity contribution in [1.82, 2.24) is 0 Å². The smallest absolute Gasteiger partial charge is 0.126 e. The second-order valence-electron chi connectivity index (χ2n) is 5.37. The van der Waals surface area contributed by atoms with Gasteiger partial charge in [-0.1, -0.05) is 61.7 Å². The fraction of sp³-hybridized carbons (Fsp3) is 0.294. The molecule has 0 aliphatic carbocycles. The molecule has 0 nitrogen and oxygen atoms in total. The summed E-state index contributed by atoms with van der Waals surface area (Å²) in [7, 11) is 0. The summed E-state index contributed by atoms with van der Waals surface area (Å²) in [5, 5.41) is 1.40. The Hall–Kier alpha value is -0.740. The third-order valence-electron chi connectivity index (χ3n) is 3.64. The average Bonchev–Trinajstić information content (AvgIpc) is 2.45. The van der Waals surface area contributed by atoms with Crippen LogP contribution in [0.1, 0.15) is 16.7 Å². The zero-order valence-corrected chi connectivity index (χ0v) is 14.8. The Morgan fingerprint density at radius 3 is 1.90 bits per heavy atom. The van der Waals surface area contributed by atoms with Gasteiger partial charge in [0.25, 0.3) is 0 Å². The molecule has 21 heavy (non-hydrogen) atoms. The summed E-state index contributed by atoms with van der Waals surface area (Å²) in [4.78, 5) is 0. The molecule has 0 fully saturated rings. The Morgan fingerprint density at radius 2 is 1.43 bits per heavy atom. The van der Waals surface area contributed by atoms with Crippen molar-refractivity contribution in [3.8, 4) is 0 Å². The van der Waals surface area contributed by atoms with Crippen molar-refractivity contribution in [2.45, 2.75) is 18.8 Å². The van der Waals surface area contributed by atoms with Crippen LogP contribution in [0.3, 0.4) is 0 Å². The van der Waals surface area contributed by atoms with E-state index < -0.39 is 11.6 Å². The summed E-state index contributed by atoms with van der Waals surface area (Å²) in [5.41, 5.74) is 2.75. The van der Waals surface area contributed by atoms with Gasteiger partial charge in [0.2, 0.25) is 0 Å². The number of alkyl halides is 2. The highest BCUT2D eigenvalue weighted by Gasteiger charge is 2.30. The van der Waals surface area contributed by atoms with Crippen molar-refractivity contribution in [1.29, 1.82) is 0 Å². The minimum Gasteiger partial charge on any atom is -0.207 e. The first-order valence-corrected chi connectivity index (χ1v) is 8.87. The van der Waals surface area contributed by atoms with Crippen LogP contribution < -0.4 is 0 Å². The van der Waals surface area contributed by atoms with E-state index in [1.807, 2.05) is 6.92 Å². The number of halogens is 4. The van der Waals surface area contributed by atoms with E-state index in [4.69, 9.17) is 0 Å². The molecule has 0 spiro atoms. The molecule has 4 heteroatoms. The third kappa shape index (κ3) is 3.92. The Balaban J connectivity index is 2.40. The van der Waals surface area contributed by atoms with Gasteiger partial charge in [-0.2, -0.15) is 0 Å². The van der Waals surface area contributed by atoms with E-state index in [-0.39, 0.29) is 5.41 Å². The van der Waals surface area contributed by atoms with Crippen LogP contribution in [0.4, 0.5) is 8.78 Å². The third-order valence-corrected chi connectivity index (χ3v) is 5.79. The largest absolute Gasteiger partial charge is 0.207 e. The van der Waals surface area contributed by atoms with Crippen molar-refractivity contribution >= 4 is 31.9 Å². The fourth-order valence-corrected chi connectivity index (χ4v) is 4.37. The summed E-state index contributed by atoms with van der Waals surface area (Å²) in [6.45, 7) is 2.04. The molecular formula is C17H16Br2F2. The number of benzene rings is 2. The van der Waals surface area contributed by atoms with E-state index >= 15 is 0 Å². The molecule has 2 aromatic carbocycles. The Kier molecular flexibility index (Phi) is 5.55. The van der Waals surface area contributed by atoms with Gasteiger partial charge in [0.1, 0.15) is 11.6 Å². The zero-order valence-electron chi connectivity index (χ0n) is 11.7. The lowest BCUT2D eigenvalue weighted by Gasteiger charge is -2.31. The Morgan fingerprint density at radius 1 is 0.905 bits per heavy atom. The van der Waals surface area contributed by atoms with Gasteiger partial charge in [0.05, 0.1) is 0 Å². The maximum atomic E-state index is 13.4. The molecule has 0 N–H and O–H groups in total. The molecule has 0 saturated heterocycles. The molecule has 0 heterocycles. The minimum absolute atomic E-state index is 0.242. The topological polar surface area (TPSA) is 0 Å². The van der Waals surface area contributed by atoms with Crippen LogP contribution in [0.5, 0.6) is 0 Å². The van der Waals surface area contributed by atoms with E-state index in [9.17, 15) is 8.78 Å². The van der Waals surface area contributed by atoms with Crippen molar-refractivity contribution < 1.29 is 8.78 Å². The highest BCUT2D eigenvalue weighted by Crippen LogP contribution is 2.33. The molecular weight excluding hydrogens is 402 g/mol. The Labute approximate surface area is 140 Å². The minimum atomic E-state index is -0.535. The lowest BCUT2D eigenvalue weighted by molar-refractivity contribution is 0.537. The number of aryl methyl sites for hydroxylation is 1. The molecule has 0 aliphatic heterocycles. The Bertz CT molecular complexity index is 584. The van der Waals surface area contributed by atoms with Gasteiger partial charge in [-0.25, -0.2) is 8.78 Å². The van der Waals surface area contributed by atoms with Gasteiger partial charge in [-0.15, -0.1) is 0 Å². The van der Waals surface area contributed by atoms with E-state index in [1.165, 1.54) is 17.7 Å². The molecule has 2 rings (SSSR count). The average molecular weight is 418 g/mol. The molecule has 0 radical (unpaired) electrons. The summed E-state index contributed by atoms with van der Waals surface area (Å²) < 4.78 is 26.8. The summed E-state index contributed by atoms with van der Waals surface area (Å²) in [6, 6.07) is 12.0. The summed E-state index contributed by atoms with van der Waals surface area (Å²) >= 11 is 7.13. The molecule has 112 valence electrons. The zero-order chi connectivity index (χ0) is 15.5. The second-order valence-corrected chi connectivity index (χ2v) is 6.49. The SMILES string of the molecule is Cc1ccc(C(CBr)(CBr)Cc2cc(F)cc(F)c2)cc1. The molecule has 0 amide bonds. The lowest BCUT2D eigenvalue weighted by Crippen LogP contribution is -2.33. The number of hydrogen-bond donors (Lipinski definition) is 0. The van der Waals surface area contributed by atoms with Gasteiger partial charge in [0, 0.05) is 22.1 Å². The predicted octanol–water partition coefficient (Wildman–Crippen LogP) is 5.54. The maximum Gasteiger partial charge on any atom is 0.126 e. The van der Waals surface area contributed by atoms with Crippen molar-refractivity contribution in [3.05, 3.63) is 70.8 Å². The van der Waals surface area contributed by atoms with Crippen molar-refractivity contribution in [2.75, 3.05) is 10.7 Å². The van der Waals surface area contributed by atoms with E-state index in [0.29, 0.717) is 22.6 Å². The normalized spacial score (nSPS) is 11.7. The van der Waals surface area contributed by atoms with E-state index in [1.54, 1.807) is 0 Å². The summed E-state index contributed by atoms with van der Waals surface area (Å²) in [6.07, 6.45) is 0.557. The highest BCUT2D eigenvalue weighted by atomic mass is 79.9. The van der Waals surface area contributed by atoms with Gasteiger partial charge in [-0.05, 0) is 36.6 Å². The molecule has 0 bridgehead atoms. The molecule has 0 unspecified atom stereocenters. The quantitative estimate of drug-likeness (QED) is 0.560. The van der Waals surface area contributed by atoms with Crippen LogP contribution in [0.25, 0.3) is 0 Å². The molecule has 0 saturated carbocycles. The fourth-order valence-electron chi connectivity index (χ4n) is 2.40. The van der Waals surface area contributed by atoms with Crippen molar-refractivity contribution in [3.63, 3.8) is 0 Å². The highest BCUT2D eigenvalue weighted by molar-refractivity contribution is 9.09. The first-order valence-electron chi connectivity index (χ1n) is 6.63. The molecule has 0 atom stereocenters. The summed E-state index contributed by atoms with van der Waals surface area (Å²) in [5.74, 6) is -1.07.